The monoisotopic (exact) mass is 261 g/mol. The summed E-state index contributed by atoms with van der Waals surface area (Å²) in [7, 11) is 3.64. The molecule has 1 fully saturated rings. The van der Waals surface area contributed by atoms with Gasteiger partial charge in [-0.3, -0.25) is 9.69 Å². The average Bonchev–Trinajstić information content (AvgIpc) is 2.46. The van der Waals surface area contributed by atoms with Crippen LogP contribution >= 0.6 is 0 Å². The van der Waals surface area contributed by atoms with Crippen LogP contribution in [-0.2, 0) is 4.79 Å². The maximum Gasteiger partial charge on any atom is 0.239 e. The standard InChI is InChI=1S/C15H23N3O/c1-13(15(19)16(2)3)17-9-11-18(12-10-17)14-7-5-4-6-8-14/h4-8,13H,9-12H2,1-3H3. The number of anilines is 1. The van der Waals surface area contributed by atoms with Crippen molar-refractivity contribution < 1.29 is 4.79 Å². The maximum atomic E-state index is 12.0. The number of benzene rings is 1. The predicted octanol–water partition coefficient (Wildman–Crippen LogP) is 1.29. The molecule has 1 unspecified atom stereocenters. The Morgan fingerprint density at radius 2 is 1.68 bits per heavy atom. The average molecular weight is 261 g/mol. The minimum atomic E-state index is -0.0204. The Hall–Kier alpha value is -1.55. The van der Waals surface area contributed by atoms with Crippen LogP contribution in [0.2, 0.25) is 0 Å². The van der Waals surface area contributed by atoms with Crippen molar-refractivity contribution >= 4 is 11.6 Å². The molecule has 4 nitrogen and oxygen atoms in total. The minimum absolute atomic E-state index is 0.0204. The highest BCUT2D eigenvalue weighted by atomic mass is 16.2. The van der Waals surface area contributed by atoms with Gasteiger partial charge in [-0.15, -0.1) is 0 Å². The smallest absolute Gasteiger partial charge is 0.239 e. The van der Waals surface area contributed by atoms with Gasteiger partial charge in [-0.05, 0) is 19.1 Å². The molecule has 1 aliphatic rings. The Balaban J connectivity index is 1.91. The third-order valence-electron chi connectivity index (χ3n) is 3.78. The summed E-state index contributed by atoms with van der Waals surface area (Å²) in [6.07, 6.45) is 0. The highest BCUT2D eigenvalue weighted by molar-refractivity contribution is 5.81. The van der Waals surface area contributed by atoms with Crippen LogP contribution in [0.4, 0.5) is 5.69 Å². The molecule has 0 spiro atoms. The van der Waals surface area contributed by atoms with Gasteiger partial charge in [-0.2, -0.15) is 0 Å². The van der Waals surface area contributed by atoms with E-state index in [4.69, 9.17) is 0 Å². The van der Waals surface area contributed by atoms with Crippen LogP contribution in [0.15, 0.2) is 30.3 Å². The lowest BCUT2D eigenvalue weighted by Crippen LogP contribution is -2.53. The van der Waals surface area contributed by atoms with Crippen molar-refractivity contribution in [2.75, 3.05) is 45.2 Å². The van der Waals surface area contributed by atoms with Gasteiger partial charge in [0.25, 0.3) is 0 Å². The summed E-state index contributed by atoms with van der Waals surface area (Å²) in [6.45, 7) is 5.84. The number of hydrogen-bond acceptors (Lipinski definition) is 3. The van der Waals surface area contributed by atoms with Gasteiger partial charge in [-0.1, -0.05) is 18.2 Å². The van der Waals surface area contributed by atoms with Gasteiger partial charge in [0, 0.05) is 46.0 Å². The highest BCUT2D eigenvalue weighted by Gasteiger charge is 2.26. The van der Waals surface area contributed by atoms with E-state index in [1.807, 2.05) is 27.1 Å². The number of carbonyl (C=O) groups is 1. The largest absolute Gasteiger partial charge is 0.369 e. The Morgan fingerprint density at radius 3 is 2.21 bits per heavy atom. The van der Waals surface area contributed by atoms with Crippen LogP contribution in [0.1, 0.15) is 6.92 Å². The lowest BCUT2D eigenvalue weighted by Gasteiger charge is -2.39. The molecular formula is C15H23N3O. The molecule has 104 valence electrons. The molecule has 1 heterocycles. The van der Waals surface area contributed by atoms with Gasteiger partial charge in [0.1, 0.15) is 0 Å². The van der Waals surface area contributed by atoms with Gasteiger partial charge >= 0.3 is 0 Å². The number of rotatable bonds is 3. The molecule has 2 rings (SSSR count). The fourth-order valence-electron chi connectivity index (χ4n) is 2.54. The number of carbonyl (C=O) groups excluding carboxylic acids is 1. The summed E-state index contributed by atoms with van der Waals surface area (Å²) in [5, 5.41) is 0. The zero-order valence-electron chi connectivity index (χ0n) is 12.0. The van der Waals surface area contributed by atoms with Crippen molar-refractivity contribution in [1.29, 1.82) is 0 Å². The van der Waals surface area contributed by atoms with Crippen LogP contribution in [0.5, 0.6) is 0 Å². The summed E-state index contributed by atoms with van der Waals surface area (Å²) in [5.74, 6) is 0.188. The first-order valence-corrected chi connectivity index (χ1v) is 6.85. The molecular weight excluding hydrogens is 238 g/mol. The lowest BCUT2D eigenvalue weighted by molar-refractivity contribution is -0.133. The quantitative estimate of drug-likeness (QED) is 0.820. The van der Waals surface area contributed by atoms with Crippen LogP contribution < -0.4 is 4.90 Å². The van der Waals surface area contributed by atoms with E-state index in [2.05, 4.69) is 34.1 Å². The molecule has 1 aromatic carbocycles. The Bertz CT molecular complexity index is 411. The summed E-state index contributed by atoms with van der Waals surface area (Å²) < 4.78 is 0. The maximum absolute atomic E-state index is 12.0. The summed E-state index contributed by atoms with van der Waals surface area (Å²) in [6, 6.07) is 10.4. The fraction of sp³-hybridized carbons (Fsp3) is 0.533. The summed E-state index contributed by atoms with van der Waals surface area (Å²) in [5.41, 5.74) is 1.27. The van der Waals surface area contributed by atoms with Gasteiger partial charge in [0.15, 0.2) is 0 Å². The molecule has 0 bridgehead atoms. The van der Waals surface area contributed by atoms with E-state index in [9.17, 15) is 4.79 Å². The molecule has 1 atom stereocenters. The molecule has 1 aliphatic heterocycles. The SMILES string of the molecule is CC(C(=O)N(C)C)N1CCN(c2ccccc2)CC1. The van der Waals surface area contributed by atoms with E-state index in [0.29, 0.717) is 0 Å². The van der Waals surface area contributed by atoms with E-state index < -0.39 is 0 Å². The second-order valence-electron chi connectivity index (χ2n) is 5.27. The zero-order chi connectivity index (χ0) is 13.8. The van der Waals surface area contributed by atoms with Crippen molar-refractivity contribution in [1.82, 2.24) is 9.80 Å². The third kappa shape index (κ3) is 3.26. The molecule has 19 heavy (non-hydrogen) atoms. The molecule has 0 aromatic heterocycles. The number of para-hydroxylation sites is 1. The topological polar surface area (TPSA) is 26.8 Å². The summed E-state index contributed by atoms with van der Waals surface area (Å²) in [4.78, 5) is 18.3. The van der Waals surface area contributed by atoms with Gasteiger partial charge in [0.05, 0.1) is 6.04 Å². The first-order valence-electron chi connectivity index (χ1n) is 6.85. The molecule has 0 radical (unpaired) electrons. The fourth-order valence-corrected chi connectivity index (χ4v) is 2.54. The Morgan fingerprint density at radius 1 is 1.11 bits per heavy atom. The second-order valence-corrected chi connectivity index (χ2v) is 5.27. The van der Waals surface area contributed by atoms with E-state index >= 15 is 0 Å². The Kier molecular flexibility index (Phi) is 4.43. The van der Waals surface area contributed by atoms with Crippen molar-refractivity contribution in [3.63, 3.8) is 0 Å². The van der Waals surface area contributed by atoms with E-state index in [1.165, 1.54) is 5.69 Å². The molecule has 1 saturated heterocycles. The van der Waals surface area contributed by atoms with E-state index in [-0.39, 0.29) is 11.9 Å². The highest BCUT2D eigenvalue weighted by Crippen LogP contribution is 2.16. The van der Waals surface area contributed by atoms with Crippen molar-refractivity contribution in [3.05, 3.63) is 30.3 Å². The first kappa shape index (κ1) is 13.9. The molecule has 1 aromatic rings. The van der Waals surface area contributed by atoms with Crippen LogP contribution in [0, 0.1) is 0 Å². The first-order chi connectivity index (χ1) is 9.09. The molecule has 0 N–H and O–H groups in total. The number of nitrogens with zero attached hydrogens (tertiary/aromatic N) is 3. The zero-order valence-corrected chi connectivity index (χ0v) is 12.0. The Labute approximate surface area is 115 Å². The predicted molar refractivity (Wildman–Crippen MR) is 78.4 cm³/mol. The van der Waals surface area contributed by atoms with Crippen LogP contribution in [-0.4, -0.2) is 62.0 Å². The van der Waals surface area contributed by atoms with Gasteiger partial charge in [0.2, 0.25) is 5.91 Å². The molecule has 4 heteroatoms. The molecule has 1 amide bonds. The second kappa shape index (κ2) is 6.06. The van der Waals surface area contributed by atoms with Crippen LogP contribution in [0.3, 0.4) is 0 Å². The van der Waals surface area contributed by atoms with Crippen molar-refractivity contribution in [2.45, 2.75) is 13.0 Å². The van der Waals surface area contributed by atoms with Crippen molar-refractivity contribution in [2.24, 2.45) is 0 Å². The lowest BCUT2D eigenvalue weighted by atomic mass is 10.2. The van der Waals surface area contributed by atoms with E-state index in [0.717, 1.165) is 26.2 Å². The number of piperazine rings is 1. The number of likely N-dealkylation sites (N-methyl/N-ethyl adjacent to an activating group) is 1. The molecule has 0 saturated carbocycles. The minimum Gasteiger partial charge on any atom is -0.369 e. The van der Waals surface area contributed by atoms with Crippen molar-refractivity contribution in [3.8, 4) is 0 Å². The normalized spacial score (nSPS) is 18.2. The van der Waals surface area contributed by atoms with Crippen LogP contribution in [0.25, 0.3) is 0 Å². The number of amides is 1. The third-order valence-corrected chi connectivity index (χ3v) is 3.78. The summed E-state index contributed by atoms with van der Waals surface area (Å²) >= 11 is 0. The number of hydrogen-bond donors (Lipinski definition) is 0. The molecule has 0 aliphatic carbocycles. The van der Waals surface area contributed by atoms with E-state index in [1.54, 1.807) is 4.90 Å². The van der Waals surface area contributed by atoms with Gasteiger partial charge < -0.3 is 9.80 Å². The van der Waals surface area contributed by atoms with Gasteiger partial charge in [-0.25, -0.2) is 0 Å².